The van der Waals surface area contributed by atoms with Crippen molar-refractivity contribution in [2.45, 2.75) is 19.0 Å². The molecule has 0 radical (unpaired) electrons. The molecule has 0 aliphatic heterocycles. The predicted octanol–water partition coefficient (Wildman–Crippen LogP) is 4.04. The van der Waals surface area contributed by atoms with E-state index in [1.54, 1.807) is 0 Å². The molecule has 1 atom stereocenters. The van der Waals surface area contributed by atoms with Gasteiger partial charge in [-0.1, -0.05) is 66.7 Å². The number of rotatable bonds is 7. The van der Waals surface area contributed by atoms with E-state index in [1.807, 2.05) is 78.9 Å². The molecule has 1 aromatic heterocycles. The number of amides is 1. The first-order chi connectivity index (χ1) is 14.6. The first-order valence-electron chi connectivity index (χ1n) is 9.66. The number of nitrogens with one attached hydrogen (secondary N) is 1. The van der Waals surface area contributed by atoms with Gasteiger partial charge in [-0.15, -0.1) is 11.3 Å². The summed E-state index contributed by atoms with van der Waals surface area (Å²) in [5.41, 5.74) is 9.02. The number of hydrogen-bond acceptors (Lipinski definition) is 5. The third kappa shape index (κ3) is 4.45. The van der Waals surface area contributed by atoms with Crippen molar-refractivity contribution in [3.8, 4) is 0 Å². The maximum Gasteiger partial charge on any atom is 0.225 e. The molecule has 3 N–H and O–H groups in total. The largest absolute Gasteiger partial charge is 0.341 e. The first kappa shape index (κ1) is 19.9. The first-order valence-corrected chi connectivity index (χ1v) is 10.5. The van der Waals surface area contributed by atoms with E-state index < -0.39 is 6.04 Å². The quantitative estimate of drug-likeness (QED) is 0.446. The fourth-order valence-corrected chi connectivity index (χ4v) is 4.18. The molecule has 6 heteroatoms. The molecular weight excluding hydrogens is 394 g/mol. The van der Waals surface area contributed by atoms with Crippen LogP contribution in [0.5, 0.6) is 0 Å². The van der Waals surface area contributed by atoms with E-state index in [0.29, 0.717) is 17.1 Å². The summed E-state index contributed by atoms with van der Waals surface area (Å²) in [5.74, 6) is -0.443. The molecule has 0 aliphatic rings. The minimum absolute atomic E-state index is 0.200. The Hall–Kier alpha value is -3.35. The second-order valence-corrected chi connectivity index (χ2v) is 7.99. The molecule has 0 bridgehead atoms. The number of ketones is 1. The van der Waals surface area contributed by atoms with Gasteiger partial charge in [0, 0.05) is 6.54 Å². The highest BCUT2D eigenvalue weighted by Gasteiger charge is 2.26. The molecule has 1 unspecified atom stereocenters. The van der Waals surface area contributed by atoms with E-state index in [4.69, 9.17) is 5.73 Å². The summed E-state index contributed by atoms with van der Waals surface area (Å²) in [4.78, 5) is 30.6. The zero-order chi connectivity index (χ0) is 20.9. The smallest absolute Gasteiger partial charge is 0.225 e. The maximum atomic E-state index is 13.4. The maximum absolute atomic E-state index is 13.4. The van der Waals surface area contributed by atoms with Crippen molar-refractivity contribution in [1.82, 2.24) is 10.3 Å². The number of benzene rings is 3. The van der Waals surface area contributed by atoms with Crippen molar-refractivity contribution in [3.63, 3.8) is 0 Å². The van der Waals surface area contributed by atoms with Gasteiger partial charge in [-0.2, -0.15) is 0 Å². The number of carbonyl (C=O) groups excluding carboxylic acids is 2. The number of nitrogens with zero attached hydrogens (tertiary/aromatic N) is 1. The summed E-state index contributed by atoms with van der Waals surface area (Å²) in [6, 6.07) is 23.7. The Morgan fingerprint density at radius 2 is 1.60 bits per heavy atom. The van der Waals surface area contributed by atoms with Crippen LogP contribution in [0.25, 0.3) is 10.2 Å². The van der Waals surface area contributed by atoms with Crippen LogP contribution < -0.4 is 11.1 Å². The Labute approximate surface area is 178 Å². The topological polar surface area (TPSA) is 85.1 Å². The highest BCUT2D eigenvalue weighted by atomic mass is 32.1. The van der Waals surface area contributed by atoms with Gasteiger partial charge >= 0.3 is 0 Å². The Balaban J connectivity index is 1.63. The lowest BCUT2D eigenvalue weighted by atomic mass is 10.0. The Morgan fingerprint density at radius 3 is 2.30 bits per heavy atom. The van der Waals surface area contributed by atoms with Crippen molar-refractivity contribution in [1.29, 1.82) is 0 Å². The van der Waals surface area contributed by atoms with Crippen molar-refractivity contribution in [2.75, 3.05) is 0 Å². The van der Waals surface area contributed by atoms with Gasteiger partial charge in [-0.25, -0.2) is 4.98 Å². The summed E-state index contributed by atoms with van der Waals surface area (Å²) in [6.07, 6.45) is 0.200. The normalized spacial score (nSPS) is 11.9. The van der Waals surface area contributed by atoms with E-state index >= 15 is 0 Å². The summed E-state index contributed by atoms with van der Waals surface area (Å²) in [5, 5.41) is 3.29. The van der Waals surface area contributed by atoms with Crippen molar-refractivity contribution in [3.05, 3.63) is 101 Å². The van der Waals surface area contributed by atoms with Gasteiger partial charge in [0.25, 0.3) is 0 Å². The van der Waals surface area contributed by atoms with Crippen LogP contribution in [-0.2, 0) is 17.8 Å². The van der Waals surface area contributed by atoms with Crippen LogP contribution in [0.1, 0.15) is 32.5 Å². The lowest BCUT2D eigenvalue weighted by Crippen LogP contribution is -2.35. The SMILES string of the molecule is NCc1ccc(C(NC(=O)Cc2ccccc2)C(=O)c2nc3ccccc3s2)cc1. The number of Topliss-reactive ketones (excluding diaryl/α,β-unsaturated/α-hetero) is 1. The molecule has 0 saturated heterocycles. The molecule has 1 heterocycles. The lowest BCUT2D eigenvalue weighted by Gasteiger charge is -2.17. The number of para-hydroxylation sites is 1. The van der Waals surface area contributed by atoms with Crippen molar-refractivity contribution >= 4 is 33.2 Å². The van der Waals surface area contributed by atoms with Crippen LogP contribution in [0.3, 0.4) is 0 Å². The molecule has 5 nitrogen and oxygen atoms in total. The number of thiazole rings is 1. The van der Waals surface area contributed by atoms with Crippen LogP contribution in [0.15, 0.2) is 78.9 Å². The molecule has 30 heavy (non-hydrogen) atoms. The number of carbonyl (C=O) groups is 2. The van der Waals surface area contributed by atoms with Crippen LogP contribution in [-0.4, -0.2) is 16.7 Å². The molecule has 0 saturated carbocycles. The molecule has 0 aliphatic carbocycles. The van der Waals surface area contributed by atoms with Gasteiger partial charge in [0.2, 0.25) is 11.7 Å². The van der Waals surface area contributed by atoms with Gasteiger partial charge < -0.3 is 11.1 Å². The van der Waals surface area contributed by atoms with Crippen LogP contribution >= 0.6 is 11.3 Å². The zero-order valence-corrected chi connectivity index (χ0v) is 17.1. The predicted molar refractivity (Wildman–Crippen MR) is 119 cm³/mol. The third-order valence-corrected chi connectivity index (χ3v) is 5.88. The fourth-order valence-electron chi connectivity index (χ4n) is 3.24. The number of fused-ring (bicyclic) bond motifs is 1. The Morgan fingerprint density at radius 1 is 0.900 bits per heavy atom. The minimum Gasteiger partial charge on any atom is -0.341 e. The second-order valence-electron chi connectivity index (χ2n) is 6.96. The summed E-state index contributed by atoms with van der Waals surface area (Å²) in [7, 11) is 0. The molecule has 3 aromatic carbocycles. The van der Waals surface area contributed by atoms with E-state index in [0.717, 1.165) is 21.3 Å². The standard InChI is InChI=1S/C24H21N3O2S/c25-15-17-10-12-18(13-11-17)22(27-21(28)14-16-6-2-1-3-7-16)23(29)24-26-19-8-4-5-9-20(19)30-24/h1-13,22H,14-15,25H2,(H,27,28). The average molecular weight is 416 g/mol. The van der Waals surface area contributed by atoms with E-state index in [1.165, 1.54) is 11.3 Å². The Kier molecular flexibility index (Phi) is 5.97. The molecule has 4 rings (SSSR count). The summed E-state index contributed by atoms with van der Waals surface area (Å²) < 4.78 is 0.939. The average Bonchev–Trinajstić information content (AvgIpc) is 3.22. The van der Waals surface area contributed by atoms with Gasteiger partial charge in [0.05, 0.1) is 16.6 Å². The molecule has 0 fully saturated rings. The fraction of sp³-hybridized carbons (Fsp3) is 0.125. The van der Waals surface area contributed by atoms with Crippen LogP contribution in [0.4, 0.5) is 0 Å². The molecule has 0 spiro atoms. The lowest BCUT2D eigenvalue weighted by molar-refractivity contribution is -0.120. The monoisotopic (exact) mass is 415 g/mol. The van der Waals surface area contributed by atoms with E-state index in [2.05, 4.69) is 10.3 Å². The third-order valence-electron chi connectivity index (χ3n) is 4.83. The van der Waals surface area contributed by atoms with E-state index in [9.17, 15) is 9.59 Å². The Bertz CT molecular complexity index is 1140. The number of hydrogen-bond donors (Lipinski definition) is 2. The van der Waals surface area contributed by atoms with Gasteiger partial charge in [-0.05, 0) is 28.8 Å². The van der Waals surface area contributed by atoms with Crippen LogP contribution in [0.2, 0.25) is 0 Å². The minimum atomic E-state index is -0.811. The van der Waals surface area contributed by atoms with Crippen molar-refractivity contribution in [2.24, 2.45) is 5.73 Å². The molecule has 150 valence electrons. The van der Waals surface area contributed by atoms with E-state index in [-0.39, 0.29) is 18.1 Å². The highest BCUT2D eigenvalue weighted by Crippen LogP contribution is 2.26. The second kappa shape index (κ2) is 8.98. The number of aromatic nitrogens is 1. The molecular formula is C24H21N3O2S. The summed E-state index contributed by atoms with van der Waals surface area (Å²) >= 11 is 1.34. The van der Waals surface area contributed by atoms with Crippen molar-refractivity contribution < 1.29 is 9.59 Å². The van der Waals surface area contributed by atoms with Gasteiger partial charge in [-0.3, -0.25) is 9.59 Å². The highest BCUT2D eigenvalue weighted by molar-refractivity contribution is 7.20. The molecule has 4 aromatic rings. The molecule has 1 amide bonds. The summed E-state index contributed by atoms with van der Waals surface area (Å²) in [6.45, 7) is 0.414. The zero-order valence-electron chi connectivity index (χ0n) is 16.2. The number of nitrogens with two attached hydrogens (primary N) is 1. The van der Waals surface area contributed by atoms with Crippen LogP contribution in [0, 0.1) is 0 Å². The van der Waals surface area contributed by atoms with Gasteiger partial charge in [0.15, 0.2) is 5.01 Å². The van der Waals surface area contributed by atoms with Gasteiger partial charge in [0.1, 0.15) is 6.04 Å².